The Balaban J connectivity index is 1.64. The van der Waals surface area contributed by atoms with E-state index < -0.39 is 11.0 Å². The molecule has 0 bridgehead atoms. The summed E-state index contributed by atoms with van der Waals surface area (Å²) < 4.78 is 2.24. The smallest absolute Gasteiger partial charge is 0.271 e. The summed E-state index contributed by atoms with van der Waals surface area (Å²) in [4.78, 5) is 34.4. The predicted molar refractivity (Wildman–Crippen MR) is 130 cm³/mol. The number of hydrogen-bond acceptors (Lipinski definition) is 6. The number of thiazole rings is 1. The number of hydrogen-bond donors (Lipinski definition) is 0. The fourth-order valence-corrected chi connectivity index (χ4v) is 5.74. The third-order valence-corrected chi connectivity index (χ3v) is 7.23. The maximum atomic E-state index is 13.6. The first-order valence-electron chi connectivity index (χ1n) is 10.9. The van der Waals surface area contributed by atoms with Crippen molar-refractivity contribution in [2.45, 2.75) is 18.9 Å². The van der Waals surface area contributed by atoms with E-state index >= 15 is 0 Å². The van der Waals surface area contributed by atoms with Crippen LogP contribution in [0.1, 0.15) is 34.7 Å². The van der Waals surface area contributed by atoms with E-state index in [1.807, 2.05) is 36.4 Å². The molecule has 0 radical (unpaired) electrons. The fourth-order valence-electron chi connectivity index (χ4n) is 4.74. The lowest BCUT2D eigenvalue weighted by Crippen LogP contribution is -2.38. The van der Waals surface area contributed by atoms with Crippen LogP contribution in [-0.4, -0.2) is 14.5 Å². The molecular formula is C26H18N4O3S. The lowest BCUT2D eigenvalue weighted by molar-refractivity contribution is -0.384. The number of nitro groups is 1. The molecule has 7 nitrogen and oxygen atoms in total. The van der Waals surface area contributed by atoms with Crippen LogP contribution in [-0.2, 0) is 6.42 Å². The number of benzene rings is 2. The third-order valence-electron chi connectivity index (χ3n) is 6.25. The first-order valence-corrected chi connectivity index (χ1v) is 11.7. The highest BCUT2D eigenvalue weighted by atomic mass is 32.1. The molecule has 6 rings (SSSR count). The molecule has 2 aromatic heterocycles. The van der Waals surface area contributed by atoms with Crippen LogP contribution < -0.4 is 14.9 Å². The molecule has 166 valence electrons. The molecule has 0 fully saturated rings. The Morgan fingerprint density at radius 1 is 1.09 bits per heavy atom. The van der Waals surface area contributed by atoms with Crippen molar-refractivity contribution in [3.8, 4) is 0 Å². The second-order valence-corrected chi connectivity index (χ2v) is 9.26. The summed E-state index contributed by atoms with van der Waals surface area (Å²) in [5.74, 6) is 0. The molecule has 2 aromatic carbocycles. The Morgan fingerprint density at radius 3 is 2.79 bits per heavy atom. The van der Waals surface area contributed by atoms with Gasteiger partial charge in [-0.15, -0.1) is 0 Å². The van der Waals surface area contributed by atoms with Gasteiger partial charge in [0.05, 0.1) is 21.2 Å². The average molecular weight is 467 g/mol. The molecule has 8 heteroatoms. The summed E-state index contributed by atoms with van der Waals surface area (Å²) in [6, 6.07) is 18.0. The maximum Gasteiger partial charge on any atom is 0.271 e. The highest BCUT2D eigenvalue weighted by molar-refractivity contribution is 7.07. The van der Waals surface area contributed by atoms with Gasteiger partial charge in [0.2, 0.25) is 0 Å². The molecule has 1 aliphatic carbocycles. The zero-order chi connectivity index (χ0) is 23.2. The number of allylic oxidation sites excluding steroid dienone is 1. The molecule has 1 aliphatic heterocycles. The highest BCUT2D eigenvalue weighted by Gasteiger charge is 2.33. The molecule has 0 saturated heterocycles. The lowest BCUT2D eigenvalue weighted by atomic mass is 9.83. The second kappa shape index (κ2) is 8.00. The predicted octanol–water partition coefficient (Wildman–Crippen LogP) is 3.62. The summed E-state index contributed by atoms with van der Waals surface area (Å²) in [5.41, 5.74) is 5.55. The monoisotopic (exact) mass is 466 g/mol. The first-order chi connectivity index (χ1) is 16.6. The summed E-state index contributed by atoms with van der Waals surface area (Å²) in [5, 5.41) is 11.5. The van der Waals surface area contributed by atoms with E-state index in [1.54, 1.807) is 29.1 Å². The number of aromatic nitrogens is 2. The maximum absolute atomic E-state index is 13.6. The van der Waals surface area contributed by atoms with Crippen LogP contribution in [0.25, 0.3) is 11.8 Å². The molecule has 3 heterocycles. The molecule has 4 aromatic rings. The molecule has 0 spiro atoms. The van der Waals surface area contributed by atoms with E-state index in [2.05, 4.69) is 17.1 Å². The van der Waals surface area contributed by atoms with Crippen molar-refractivity contribution in [2.75, 3.05) is 0 Å². The molecule has 0 unspecified atom stereocenters. The fraction of sp³-hybridized carbons (Fsp3) is 0.115. The summed E-state index contributed by atoms with van der Waals surface area (Å²) in [6.07, 6.45) is 6.77. The quantitative estimate of drug-likeness (QED) is 0.341. The molecule has 0 amide bonds. The zero-order valence-electron chi connectivity index (χ0n) is 17.9. The van der Waals surface area contributed by atoms with Gasteiger partial charge in [0.15, 0.2) is 4.80 Å². The Bertz CT molecular complexity index is 1670. The summed E-state index contributed by atoms with van der Waals surface area (Å²) >= 11 is 1.33. The van der Waals surface area contributed by atoms with E-state index in [-0.39, 0.29) is 11.2 Å². The van der Waals surface area contributed by atoms with Crippen molar-refractivity contribution < 1.29 is 4.92 Å². The van der Waals surface area contributed by atoms with Crippen LogP contribution in [0.4, 0.5) is 5.69 Å². The SMILES string of the molecule is O=c1/c(=C\c2cccnc2)sc2n1[C@H](c1cccc([N+](=O)[O-])c1)C1=C(N=2)c2ccccc2CC1. The minimum Gasteiger partial charge on any atom is -0.272 e. The van der Waals surface area contributed by atoms with Crippen molar-refractivity contribution in [1.29, 1.82) is 0 Å². The standard InChI is InChI=1S/C26H18N4O3S/c31-25-22(13-16-5-4-12-27-15-16)34-26-28-23-20-9-2-1-6-17(20)10-11-21(23)24(29(25)26)18-7-3-8-19(14-18)30(32)33/h1-9,12-15,24H,10-11H2/b22-13+/t24-/m1/s1. The van der Waals surface area contributed by atoms with Crippen molar-refractivity contribution in [1.82, 2.24) is 9.55 Å². The minimum atomic E-state index is -0.449. The normalized spacial score (nSPS) is 16.9. The van der Waals surface area contributed by atoms with Gasteiger partial charge in [-0.25, -0.2) is 4.99 Å². The Kier molecular flexibility index (Phi) is 4.81. The number of non-ortho nitro benzene ring substituents is 1. The van der Waals surface area contributed by atoms with E-state index in [4.69, 9.17) is 4.99 Å². The number of nitro benzene ring substituents is 1. The third kappa shape index (κ3) is 3.31. The lowest BCUT2D eigenvalue weighted by Gasteiger charge is -2.30. The van der Waals surface area contributed by atoms with Crippen molar-refractivity contribution >= 4 is 28.8 Å². The number of fused-ring (bicyclic) bond motifs is 3. The van der Waals surface area contributed by atoms with E-state index in [0.717, 1.165) is 35.2 Å². The molecular weight excluding hydrogens is 448 g/mol. The van der Waals surface area contributed by atoms with Gasteiger partial charge in [0.25, 0.3) is 11.2 Å². The number of aryl methyl sites for hydroxylation is 1. The number of pyridine rings is 1. The molecule has 0 N–H and O–H groups in total. The van der Waals surface area contributed by atoms with Crippen molar-refractivity contribution in [2.24, 2.45) is 4.99 Å². The molecule has 0 saturated carbocycles. The van der Waals surface area contributed by atoms with Gasteiger partial charge in [-0.1, -0.05) is 53.8 Å². The van der Waals surface area contributed by atoms with Gasteiger partial charge in [-0.2, -0.15) is 0 Å². The Morgan fingerprint density at radius 2 is 1.97 bits per heavy atom. The Labute approximate surface area is 197 Å². The van der Waals surface area contributed by atoms with Gasteiger partial charge in [-0.3, -0.25) is 24.5 Å². The Hall–Kier alpha value is -4.17. The van der Waals surface area contributed by atoms with Gasteiger partial charge in [0.1, 0.15) is 0 Å². The molecule has 1 atom stereocenters. The average Bonchev–Trinajstić information content (AvgIpc) is 3.17. The zero-order valence-corrected chi connectivity index (χ0v) is 18.7. The number of nitrogens with zero attached hydrogens (tertiary/aromatic N) is 4. The van der Waals surface area contributed by atoms with Crippen LogP contribution in [0, 0.1) is 10.1 Å². The minimum absolute atomic E-state index is 0.00495. The molecule has 34 heavy (non-hydrogen) atoms. The van der Waals surface area contributed by atoms with Crippen LogP contribution >= 0.6 is 11.3 Å². The van der Waals surface area contributed by atoms with Gasteiger partial charge >= 0.3 is 0 Å². The molecule has 2 aliphatic rings. The van der Waals surface area contributed by atoms with Crippen molar-refractivity contribution in [3.05, 3.63) is 131 Å². The highest BCUT2D eigenvalue weighted by Crippen LogP contribution is 2.41. The van der Waals surface area contributed by atoms with Crippen LogP contribution in [0.15, 0.2) is 88.4 Å². The topological polar surface area (TPSA) is 90.4 Å². The van der Waals surface area contributed by atoms with Gasteiger partial charge in [-0.05, 0) is 47.2 Å². The largest absolute Gasteiger partial charge is 0.272 e. The number of rotatable bonds is 3. The van der Waals surface area contributed by atoms with E-state index in [9.17, 15) is 14.9 Å². The first kappa shape index (κ1) is 20.4. The van der Waals surface area contributed by atoms with Gasteiger partial charge < -0.3 is 0 Å². The van der Waals surface area contributed by atoms with Gasteiger partial charge in [0, 0.05) is 30.1 Å². The second-order valence-electron chi connectivity index (χ2n) is 8.25. The van der Waals surface area contributed by atoms with Crippen molar-refractivity contribution in [3.63, 3.8) is 0 Å². The van der Waals surface area contributed by atoms with Crippen LogP contribution in [0.2, 0.25) is 0 Å². The van der Waals surface area contributed by atoms with Crippen LogP contribution in [0.5, 0.6) is 0 Å². The summed E-state index contributed by atoms with van der Waals surface area (Å²) in [6.45, 7) is 0. The summed E-state index contributed by atoms with van der Waals surface area (Å²) in [7, 11) is 0. The van der Waals surface area contributed by atoms with Crippen LogP contribution in [0.3, 0.4) is 0 Å². The van der Waals surface area contributed by atoms with E-state index in [1.165, 1.54) is 23.0 Å². The van der Waals surface area contributed by atoms with E-state index in [0.29, 0.717) is 14.9 Å².